The number of benzene rings is 2. The van der Waals surface area contributed by atoms with Crippen LogP contribution in [-0.4, -0.2) is 38.4 Å². The van der Waals surface area contributed by atoms with E-state index >= 15 is 0 Å². The molecule has 164 valence electrons. The van der Waals surface area contributed by atoms with Gasteiger partial charge in [0, 0.05) is 29.2 Å². The summed E-state index contributed by atoms with van der Waals surface area (Å²) in [5.41, 5.74) is 4.65. The Labute approximate surface area is 201 Å². The number of thioether (sulfide) groups is 1. The quantitative estimate of drug-likeness (QED) is 0.241. The Kier molecular flexibility index (Phi) is 7.82. The summed E-state index contributed by atoms with van der Waals surface area (Å²) in [5, 5.41) is 9.44. The van der Waals surface area contributed by atoms with E-state index in [2.05, 4.69) is 15.2 Å². The molecule has 2 aromatic heterocycles. The Morgan fingerprint density at radius 3 is 2.38 bits per heavy atom. The van der Waals surface area contributed by atoms with Crippen LogP contribution in [0, 0.1) is 13.8 Å². The molecule has 0 aliphatic carbocycles. The van der Waals surface area contributed by atoms with E-state index < -0.39 is 0 Å². The minimum Gasteiger partial charge on any atom is -0.497 e. The molecule has 0 saturated carbocycles. The van der Waals surface area contributed by atoms with Crippen molar-refractivity contribution in [3.8, 4) is 22.8 Å². The Balaban J connectivity index is 0.00000289. The maximum atomic E-state index is 12.9. The predicted octanol–water partition coefficient (Wildman–Crippen LogP) is 5.51. The molecule has 4 aromatic rings. The second kappa shape index (κ2) is 10.6. The first-order valence-corrected chi connectivity index (χ1v) is 10.8. The fourth-order valence-corrected chi connectivity index (χ4v) is 4.18. The van der Waals surface area contributed by atoms with Crippen LogP contribution in [0.4, 0.5) is 0 Å². The summed E-state index contributed by atoms with van der Waals surface area (Å²) in [7, 11) is 1.64. The van der Waals surface area contributed by atoms with Crippen LogP contribution in [0.25, 0.3) is 17.1 Å². The highest BCUT2D eigenvalue weighted by atomic mass is 79.9. The maximum Gasteiger partial charge on any atom is 0.196 e. The molecule has 0 saturated heterocycles. The van der Waals surface area contributed by atoms with Crippen LogP contribution >= 0.6 is 28.7 Å². The minimum atomic E-state index is 0. The number of nitrogens with zero attached hydrogens (tertiary/aromatic N) is 4. The highest BCUT2D eigenvalue weighted by molar-refractivity contribution is 8.93. The molecule has 4 rings (SSSR count). The van der Waals surface area contributed by atoms with Gasteiger partial charge in [0.15, 0.2) is 16.8 Å². The maximum absolute atomic E-state index is 12.9. The number of Topliss-reactive ketones (excluding diaryl/α,β-unsaturated/α-hetero) is 1. The van der Waals surface area contributed by atoms with Crippen LogP contribution in [-0.2, 0) is 0 Å². The number of methoxy groups -OCH3 is 1. The van der Waals surface area contributed by atoms with Gasteiger partial charge in [-0.3, -0.25) is 14.3 Å². The van der Waals surface area contributed by atoms with Gasteiger partial charge in [0.25, 0.3) is 0 Å². The van der Waals surface area contributed by atoms with Crippen molar-refractivity contribution in [1.82, 2.24) is 19.7 Å². The van der Waals surface area contributed by atoms with Crippen LogP contribution in [0.3, 0.4) is 0 Å². The summed E-state index contributed by atoms with van der Waals surface area (Å²) in [6.07, 6.45) is 3.44. The molecular formula is C24H23BrN4O2S. The smallest absolute Gasteiger partial charge is 0.196 e. The number of hydrogen-bond acceptors (Lipinski definition) is 6. The monoisotopic (exact) mass is 510 g/mol. The molecule has 0 unspecified atom stereocenters. The Bertz CT molecular complexity index is 1210. The number of aryl methyl sites for hydroxylation is 2. The van der Waals surface area contributed by atoms with E-state index in [1.54, 1.807) is 19.5 Å². The lowest BCUT2D eigenvalue weighted by atomic mass is 10.0. The van der Waals surface area contributed by atoms with Gasteiger partial charge in [-0.05, 0) is 55.8 Å². The van der Waals surface area contributed by atoms with Crippen molar-refractivity contribution >= 4 is 34.5 Å². The zero-order valence-corrected chi connectivity index (χ0v) is 20.5. The van der Waals surface area contributed by atoms with Crippen LogP contribution in [0.1, 0.15) is 21.5 Å². The first kappa shape index (κ1) is 23.7. The highest BCUT2D eigenvalue weighted by Crippen LogP contribution is 2.29. The Morgan fingerprint density at radius 1 is 1.00 bits per heavy atom. The van der Waals surface area contributed by atoms with Gasteiger partial charge in [0.1, 0.15) is 5.75 Å². The number of hydrogen-bond donors (Lipinski definition) is 0. The van der Waals surface area contributed by atoms with Crippen molar-refractivity contribution in [2.75, 3.05) is 12.9 Å². The van der Waals surface area contributed by atoms with Crippen LogP contribution in [0.15, 0.2) is 72.1 Å². The van der Waals surface area contributed by atoms with Gasteiger partial charge >= 0.3 is 0 Å². The topological polar surface area (TPSA) is 69.9 Å². The normalized spacial score (nSPS) is 10.5. The van der Waals surface area contributed by atoms with Gasteiger partial charge in [-0.1, -0.05) is 35.5 Å². The molecule has 0 atom stereocenters. The lowest BCUT2D eigenvalue weighted by molar-refractivity contribution is 0.102. The second-order valence-corrected chi connectivity index (χ2v) is 8.05. The van der Waals surface area contributed by atoms with Gasteiger partial charge in [-0.25, -0.2) is 0 Å². The summed E-state index contributed by atoms with van der Waals surface area (Å²) in [6, 6.07) is 17.3. The summed E-state index contributed by atoms with van der Waals surface area (Å²) in [6.45, 7) is 3.99. The third-order valence-corrected chi connectivity index (χ3v) is 5.85. The summed E-state index contributed by atoms with van der Waals surface area (Å²) in [4.78, 5) is 16.9. The molecule has 0 N–H and O–H groups in total. The lowest BCUT2D eigenvalue weighted by Crippen LogP contribution is -2.07. The number of ketones is 1. The van der Waals surface area contributed by atoms with Crippen molar-refractivity contribution in [3.63, 3.8) is 0 Å². The average molecular weight is 511 g/mol. The van der Waals surface area contributed by atoms with E-state index in [0.29, 0.717) is 11.0 Å². The number of carbonyl (C=O) groups is 1. The Hall–Kier alpha value is -2.97. The molecule has 2 aromatic carbocycles. The van der Waals surface area contributed by atoms with E-state index in [0.717, 1.165) is 33.7 Å². The van der Waals surface area contributed by atoms with Gasteiger partial charge in [0.2, 0.25) is 0 Å². The molecule has 0 spiro atoms. The van der Waals surface area contributed by atoms with E-state index in [1.807, 2.05) is 73.0 Å². The van der Waals surface area contributed by atoms with Gasteiger partial charge in [0.05, 0.1) is 12.9 Å². The molecule has 2 heterocycles. The van der Waals surface area contributed by atoms with Crippen molar-refractivity contribution in [3.05, 3.63) is 83.7 Å². The van der Waals surface area contributed by atoms with Crippen molar-refractivity contribution in [2.24, 2.45) is 0 Å². The van der Waals surface area contributed by atoms with Gasteiger partial charge in [-0.15, -0.1) is 27.2 Å². The molecule has 0 bridgehead atoms. The highest BCUT2D eigenvalue weighted by Gasteiger charge is 2.18. The van der Waals surface area contributed by atoms with Crippen molar-refractivity contribution < 1.29 is 9.53 Å². The minimum absolute atomic E-state index is 0. The molecular weight excluding hydrogens is 488 g/mol. The van der Waals surface area contributed by atoms with E-state index in [-0.39, 0.29) is 28.5 Å². The average Bonchev–Trinajstić information content (AvgIpc) is 3.22. The zero-order valence-electron chi connectivity index (χ0n) is 18.0. The molecule has 8 heteroatoms. The first-order valence-electron chi connectivity index (χ1n) is 9.80. The number of pyridine rings is 1. The predicted molar refractivity (Wildman–Crippen MR) is 132 cm³/mol. The SMILES string of the molecule is Br.COc1ccc(-n2c(SCC(=O)c3ccc(C)cc3C)nnc2-c2ccncc2)cc1. The number of carbonyl (C=O) groups excluding carboxylic acids is 1. The van der Waals surface area contributed by atoms with Crippen molar-refractivity contribution in [1.29, 1.82) is 0 Å². The number of ether oxygens (including phenoxy) is 1. The fraction of sp³-hybridized carbons (Fsp3) is 0.167. The van der Waals surface area contributed by atoms with Crippen LogP contribution in [0.2, 0.25) is 0 Å². The van der Waals surface area contributed by atoms with E-state index in [9.17, 15) is 4.79 Å². The van der Waals surface area contributed by atoms with E-state index in [1.165, 1.54) is 11.8 Å². The van der Waals surface area contributed by atoms with Gasteiger partial charge in [-0.2, -0.15) is 0 Å². The zero-order chi connectivity index (χ0) is 21.8. The lowest BCUT2D eigenvalue weighted by Gasteiger charge is -2.11. The standard InChI is InChI=1S/C24H22N4O2S.BrH/c1-16-4-9-21(17(2)14-16)22(29)15-31-24-27-26-23(18-10-12-25-13-11-18)28(24)19-5-7-20(30-3)8-6-19;/h4-14H,15H2,1-3H3;1H. The Morgan fingerprint density at radius 2 is 1.72 bits per heavy atom. The van der Waals surface area contributed by atoms with E-state index in [4.69, 9.17) is 4.74 Å². The molecule has 0 amide bonds. The fourth-order valence-electron chi connectivity index (χ4n) is 3.35. The number of halogens is 1. The summed E-state index contributed by atoms with van der Waals surface area (Å²) in [5.74, 6) is 1.79. The molecule has 6 nitrogen and oxygen atoms in total. The molecule has 0 aliphatic heterocycles. The molecule has 0 fully saturated rings. The third-order valence-electron chi connectivity index (χ3n) is 4.92. The number of aromatic nitrogens is 4. The first-order chi connectivity index (χ1) is 15.1. The summed E-state index contributed by atoms with van der Waals surface area (Å²) >= 11 is 1.38. The van der Waals surface area contributed by atoms with Crippen LogP contribution in [0.5, 0.6) is 5.75 Å². The molecule has 0 radical (unpaired) electrons. The third kappa shape index (κ3) is 5.08. The van der Waals surface area contributed by atoms with Gasteiger partial charge < -0.3 is 4.74 Å². The van der Waals surface area contributed by atoms with Crippen molar-refractivity contribution in [2.45, 2.75) is 19.0 Å². The number of rotatable bonds is 7. The molecule has 32 heavy (non-hydrogen) atoms. The second-order valence-electron chi connectivity index (χ2n) is 7.11. The van der Waals surface area contributed by atoms with Crippen LogP contribution < -0.4 is 4.74 Å². The molecule has 0 aliphatic rings. The largest absolute Gasteiger partial charge is 0.497 e. The summed E-state index contributed by atoms with van der Waals surface area (Å²) < 4.78 is 7.23.